The normalized spacial score (nSPS) is 16.0. The maximum atomic E-state index is 12.1. The molecule has 1 aliphatic heterocycles. The third-order valence-corrected chi connectivity index (χ3v) is 3.59. The molecule has 2 N–H and O–H groups in total. The van der Waals surface area contributed by atoms with E-state index in [0.29, 0.717) is 31.6 Å². The number of nitriles is 1. The number of carboxylic acid groups (broad SMARTS) is 1. The minimum atomic E-state index is -0.786. The summed E-state index contributed by atoms with van der Waals surface area (Å²) < 4.78 is 0. The summed E-state index contributed by atoms with van der Waals surface area (Å²) in [5, 5.41) is 20.8. The number of nitrogens with zero attached hydrogens (tertiary/aromatic N) is 2. The molecule has 1 fully saturated rings. The van der Waals surface area contributed by atoms with Gasteiger partial charge in [0.05, 0.1) is 5.92 Å². The molecule has 1 aromatic carbocycles. The van der Waals surface area contributed by atoms with Gasteiger partial charge in [-0.15, -0.1) is 0 Å². The van der Waals surface area contributed by atoms with Crippen LogP contribution in [0.5, 0.6) is 0 Å². The highest BCUT2D eigenvalue weighted by atomic mass is 16.4. The number of aliphatic carboxylic acids is 1. The molecule has 0 saturated carbocycles. The van der Waals surface area contributed by atoms with Crippen molar-refractivity contribution in [3.05, 3.63) is 42.1 Å². The Morgan fingerprint density at radius 3 is 2.45 bits per heavy atom. The number of carbonyl (C=O) groups is 2. The molecule has 0 spiro atoms. The number of benzene rings is 1. The second-order valence-corrected chi connectivity index (χ2v) is 5.12. The van der Waals surface area contributed by atoms with Gasteiger partial charge < -0.3 is 15.3 Å². The van der Waals surface area contributed by atoms with Gasteiger partial charge in [-0.1, -0.05) is 18.2 Å². The van der Waals surface area contributed by atoms with Crippen LogP contribution in [-0.4, -0.2) is 35.0 Å². The Morgan fingerprint density at radius 1 is 1.27 bits per heavy atom. The topological polar surface area (TPSA) is 93.4 Å². The van der Waals surface area contributed by atoms with Crippen molar-refractivity contribution >= 4 is 17.6 Å². The fourth-order valence-corrected chi connectivity index (χ4v) is 2.32. The predicted octanol–water partition coefficient (Wildman–Crippen LogP) is 1.83. The van der Waals surface area contributed by atoms with Gasteiger partial charge in [0.2, 0.25) is 0 Å². The summed E-state index contributed by atoms with van der Waals surface area (Å²) in [6.07, 6.45) is 2.55. The van der Waals surface area contributed by atoms with E-state index in [2.05, 4.69) is 5.32 Å². The van der Waals surface area contributed by atoms with Gasteiger partial charge in [0.1, 0.15) is 11.6 Å². The quantitative estimate of drug-likeness (QED) is 0.653. The van der Waals surface area contributed by atoms with Crippen molar-refractivity contribution in [3.63, 3.8) is 0 Å². The molecule has 1 saturated heterocycles. The van der Waals surface area contributed by atoms with Gasteiger partial charge in [0.15, 0.2) is 0 Å². The van der Waals surface area contributed by atoms with Crippen molar-refractivity contribution in [1.29, 1.82) is 5.26 Å². The maximum Gasteiger partial charge on any atom is 0.306 e. The predicted molar refractivity (Wildman–Crippen MR) is 80.7 cm³/mol. The molecule has 0 aromatic heterocycles. The second-order valence-electron chi connectivity index (χ2n) is 5.12. The molecule has 6 heteroatoms. The zero-order chi connectivity index (χ0) is 15.9. The van der Waals surface area contributed by atoms with Crippen molar-refractivity contribution in [2.75, 3.05) is 18.4 Å². The van der Waals surface area contributed by atoms with Crippen molar-refractivity contribution in [2.45, 2.75) is 12.8 Å². The van der Waals surface area contributed by atoms with Gasteiger partial charge >= 0.3 is 5.97 Å². The highest BCUT2D eigenvalue weighted by molar-refractivity contribution is 6.06. The molecular formula is C16H17N3O3. The Labute approximate surface area is 128 Å². The number of anilines is 1. The van der Waals surface area contributed by atoms with Crippen LogP contribution in [0.1, 0.15) is 12.8 Å². The highest BCUT2D eigenvalue weighted by Gasteiger charge is 2.24. The van der Waals surface area contributed by atoms with Crippen molar-refractivity contribution in [2.24, 2.45) is 5.92 Å². The largest absolute Gasteiger partial charge is 0.481 e. The minimum Gasteiger partial charge on any atom is -0.481 e. The molecule has 0 atom stereocenters. The molecule has 1 heterocycles. The lowest BCUT2D eigenvalue weighted by molar-refractivity contribution is -0.143. The Morgan fingerprint density at radius 2 is 1.91 bits per heavy atom. The Kier molecular flexibility index (Phi) is 5.15. The molecule has 0 unspecified atom stereocenters. The van der Waals surface area contributed by atoms with E-state index in [9.17, 15) is 9.59 Å². The van der Waals surface area contributed by atoms with Crippen LogP contribution in [0.4, 0.5) is 5.69 Å². The van der Waals surface area contributed by atoms with E-state index in [0.717, 1.165) is 0 Å². The number of carbonyl (C=O) groups excluding carboxylic acids is 1. The van der Waals surface area contributed by atoms with Crippen LogP contribution in [0, 0.1) is 17.2 Å². The van der Waals surface area contributed by atoms with Crippen LogP contribution in [0.2, 0.25) is 0 Å². The number of likely N-dealkylation sites (tertiary alicyclic amines) is 1. The highest BCUT2D eigenvalue weighted by Crippen LogP contribution is 2.18. The first-order valence-electron chi connectivity index (χ1n) is 7.05. The number of amides is 1. The van der Waals surface area contributed by atoms with Gasteiger partial charge in [-0.2, -0.15) is 5.26 Å². The smallest absolute Gasteiger partial charge is 0.306 e. The van der Waals surface area contributed by atoms with Crippen LogP contribution in [-0.2, 0) is 9.59 Å². The molecule has 0 bridgehead atoms. The molecule has 1 aliphatic rings. The fourth-order valence-electron chi connectivity index (χ4n) is 2.32. The second kappa shape index (κ2) is 7.27. The zero-order valence-electron chi connectivity index (χ0n) is 12.0. The van der Waals surface area contributed by atoms with E-state index in [1.165, 1.54) is 6.20 Å². The first-order chi connectivity index (χ1) is 10.6. The third-order valence-electron chi connectivity index (χ3n) is 3.59. The summed E-state index contributed by atoms with van der Waals surface area (Å²) in [5.74, 6) is -1.59. The number of piperidine rings is 1. The number of nitrogens with one attached hydrogen (secondary N) is 1. The summed E-state index contributed by atoms with van der Waals surface area (Å²) in [7, 11) is 0. The Bertz CT molecular complexity index is 611. The molecule has 114 valence electrons. The zero-order valence-corrected chi connectivity index (χ0v) is 12.0. The summed E-state index contributed by atoms with van der Waals surface area (Å²) >= 11 is 0. The lowest BCUT2D eigenvalue weighted by Crippen LogP contribution is -2.33. The molecule has 6 nitrogen and oxygen atoms in total. The van der Waals surface area contributed by atoms with Gasteiger partial charge in [0.25, 0.3) is 5.91 Å². The van der Waals surface area contributed by atoms with Crippen LogP contribution >= 0.6 is 0 Å². The van der Waals surface area contributed by atoms with Crippen molar-refractivity contribution in [3.8, 4) is 6.07 Å². The molecule has 22 heavy (non-hydrogen) atoms. The first kappa shape index (κ1) is 15.6. The van der Waals surface area contributed by atoms with Crippen LogP contribution in [0.3, 0.4) is 0 Å². The van der Waals surface area contributed by atoms with E-state index in [1.807, 2.05) is 17.0 Å². The SMILES string of the molecule is N#C/C(=C/N1CCC(C(=O)O)CC1)C(=O)Nc1ccccc1. The number of rotatable bonds is 4. The summed E-state index contributed by atoms with van der Waals surface area (Å²) in [4.78, 5) is 24.8. The number of para-hydroxylation sites is 1. The monoisotopic (exact) mass is 299 g/mol. The average molecular weight is 299 g/mol. The van der Waals surface area contributed by atoms with Crippen LogP contribution < -0.4 is 5.32 Å². The summed E-state index contributed by atoms with van der Waals surface area (Å²) in [5.41, 5.74) is 0.635. The lowest BCUT2D eigenvalue weighted by atomic mass is 9.97. The average Bonchev–Trinajstić information content (AvgIpc) is 2.53. The van der Waals surface area contributed by atoms with Gasteiger partial charge in [-0.05, 0) is 25.0 Å². The number of hydrogen-bond donors (Lipinski definition) is 2. The van der Waals surface area contributed by atoms with E-state index in [4.69, 9.17) is 10.4 Å². The minimum absolute atomic E-state index is 0.0117. The van der Waals surface area contributed by atoms with Gasteiger partial charge in [-0.25, -0.2) is 0 Å². The number of hydrogen-bond acceptors (Lipinski definition) is 4. The van der Waals surface area contributed by atoms with Gasteiger partial charge in [-0.3, -0.25) is 9.59 Å². The molecule has 1 amide bonds. The molecule has 2 rings (SSSR count). The third kappa shape index (κ3) is 4.09. The van der Waals surface area contributed by atoms with Crippen molar-refractivity contribution < 1.29 is 14.7 Å². The standard InChI is InChI=1S/C16H17N3O3/c17-10-13(15(20)18-14-4-2-1-3-5-14)11-19-8-6-12(7-9-19)16(21)22/h1-5,11-12H,6-9H2,(H,18,20)(H,21,22)/b13-11-. The summed E-state index contributed by atoms with van der Waals surface area (Å²) in [6.45, 7) is 1.06. The van der Waals surface area contributed by atoms with Crippen molar-refractivity contribution in [1.82, 2.24) is 4.90 Å². The van der Waals surface area contributed by atoms with E-state index < -0.39 is 11.9 Å². The van der Waals surface area contributed by atoms with E-state index >= 15 is 0 Å². The lowest BCUT2D eigenvalue weighted by Gasteiger charge is -2.29. The molecular weight excluding hydrogens is 282 g/mol. The van der Waals surface area contributed by atoms with E-state index in [1.54, 1.807) is 24.3 Å². The fraction of sp³-hybridized carbons (Fsp3) is 0.312. The van der Waals surface area contributed by atoms with Crippen LogP contribution in [0.15, 0.2) is 42.1 Å². The molecule has 1 aromatic rings. The Hall–Kier alpha value is -2.81. The maximum absolute atomic E-state index is 12.1. The molecule has 0 aliphatic carbocycles. The number of carboxylic acids is 1. The summed E-state index contributed by atoms with van der Waals surface area (Å²) in [6, 6.07) is 10.8. The van der Waals surface area contributed by atoms with Crippen LogP contribution in [0.25, 0.3) is 0 Å². The van der Waals surface area contributed by atoms with E-state index in [-0.39, 0.29) is 11.5 Å². The first-order valence-corrected chi connectivity index (χ1v) is 7.05. The van der Waals surface area contributed by atoms with Gasteiger partial charge in [0, 0.05) is 25.0 Å². The Balaban J connectivity index is 1.98. The molecule has 0 radical (unpaired) electrons.